The van der Waals surface area contributed by atoms with Crippen LogP contribution < -0.4 is 16.2 Å². The maximum Gasteiger partial charge on any atom is 0.234 e. The van der Waals surface area contributed by atoms with Gasteiger partial charge in [-0.1, -0.05) is 30.3 Å². The Hall–Kier alpha value is -2.41. The van der Waals surface area contributed by atoms with Crippen molar-refractivity contribution in [3.05, 3.63) is 35.9 Å². The standard InChI is InChI=1S/C23H35N3O8/c27-14-17(12-16-6-2-1-3-7-16)25-26-21(31)9-5-4-8-20(30)24-10-11-33-23-22(32)19(29)13-18(15-28)34-23/h1-3,6-7,14,17-19,22-23,25,28-29,32H,4-5,8-13,15H2,(H,24,30)(H,26,31)/t17-,18-,19-,22-,23+/m0/s1. The fraction of sp³-hybridized carbons (Fsp3) is 0.609. The van der Waals surface area contributed by atoms with Crippen LogP contribution in [0.4, 0.5) is 0 Å². The molecular formula is C23H35N3O8. The van der Waals surface area contributed by atoms with Crippen LogP contribution in [0.1, 0.15) is 37.7 Å². The molecule has 1 saturated heterocycles. The summed E-state index contributed by atoms with van der Waals surface area (Å²) in [5, 5.41) is 31.4. The lowest BCUT2D eigenvalue weighted by Gasteiger charge is -2.36. The number of aliphatic hydroxyl groups is 3. The third-order valence-electron chi connectivity index (χ3n) is 5.33. The van der Waals surface area contributed by atoms with Gasteiger partial charge >= 0.3 is 0 Å². The third-order valence-corrected chi connectivity index (χ3v) is 5.33. The van der Waals surface area contributed by atoms with Crippen LogP contribution in [-0.2, 0) is 30.3 Å². The van der Waals surface area contributed by atoms with Crippen molar-refractivity contribution in [1.82, 2.24) is 16.2 Å². The molecule has 0 radical (unpaired) electrons. The number of rotatable bonds is 15. The lowest BCUT2D eigenvalue weighted by molar-refractivity contribution is -0.270. The SMILES string of the molecule is O=C[C@H](Cc1ccccc1)NNC(=O)CCCCC(=O)NCCO[C@@H]1O[C@H](CO)C[C@H](O)[C@@H]1O. The van der Waals surface area contributed by atoms with Gasteiger partial charge in [0.05, 0.1) is 31.5 Å². The Labute approximate surface area is 198 Å². The Bertz CT molecular complexity index is 751. The van der Waals surface area contributed by atoms with Gasteiger partial charge in [-0.15, -0.1) is 0 Å². The number of hydrogen-bond acceptors (Lipinski definition) is 9. The smallest absolute Gasteiger partial charge is 0.234 e. The van der Waals surface area contributed by atoms with E-state index in [2.05, 4.69) is 16.2 Å². The first-order valence-electron chi connectivity index (χ1n) is 11.5. The van der Waals surface area contributed by atoms with Gasteiger partial charge in [0.1, 0.15) is 12.4 Å². The van der Waals surface area contributed by atoms with Crippen molar-refractivity contribution in [1.29, 1.82) is 0 Å². The van der Waals surface area contributed by atoms with Crippen LogP contribution in [0.2, 0.25) is 0 Å². The summed E-state index contributed by atoms with van der Waals surface area (Å²) in [6.07, 6.45) is -1.17. The summed E-state index contributed by atoms with van der Waals surface area (Å²) in [7, 11) is 0. The molecule has 1 aromatic carbocycles. The molecule has 1 aliphatic rings. The second-order valence-corrected chi connectivity index (χ2v) is 8.16. The van der Waals surface area contributed by atoms with Crippen LogP contribution >= 0.6 is 0 Å². The van der Waals surface area contributed by atoms with E-state index >= 15 is 0 Å². The van der Waals surface area contributed by atoms with E-state index in [4.69, 9.17) is 14.6 Å². The summed E-state index contributed by atoms with van der Waals surface area (Å²) in [6.45, 7) is -0.0443. The normalized spacial score (nSPS) is 23.1. The van der Waals surface area contributed by atoms with Crippen molar-refractivity contribution in [2.75, 3.05) is 19.8 Å². The van der Waals surface area contributed by atoms with E-state index in [0.29, 0.717) is 19.3 Å². The molecule has 1 fully saturated rings. The fourth-order valence-electron chi connectivity index (χ4n) is 3.43. The van der Waals surface area contributed by atoms with Crippen LogP contribution in [0.15, 0.2) is 30.3 Å². The highest BCUT2D eigenvalue weighted by atomic mass is 16.7. The first-order valence-corrected chi connectivity index (χ1v) is 11.5. The Morgan fingerprint density at radius 1 is 1.15 bits per heavy atom. The zero-order valence-corrected chi connectivity index (χ0v) is 19.1. The van der Waals surface area contributed by atoms with Gasteiger partial charge in [-0.2, -0.15) is 0 Å². The van der Waals surface area contributed by atoms with Gasteiger partial charge in [0.25, 0.3) is 0 Å². The Morgan fingerprint density at radius 2 is 1.85 bits per heavy atom. The first kappa shape index (κ1) is 27.8. The molecule has 2 rings (SSSR count). The van der Waals surface area contributed by atoms with Gasteiger partial charge < -0.3 is 34.9 Å². The minimum atomic E-state index is -1.22. The molecule has 1 heterocycles. The van der Waals surface area contributed by atoms with E-state index < -0.39 is 30.6 Å². The Kier molecular flexibility index (Phi) is 12.7. The van der Waals surface area contributed by atoms with E-state index in [9.17, 15) is 24.6 Å². The number of aliphatic hydroxyl groups excluding tert-OH is 3. The topological polar surface area (TPSA) is 166 Å². The summed E-state index contributed by atoms with van der Waals surface area (Å²) >= 11 is 0. The molecule has 0 aliphatic carbocycles. The molecule has 0 spiro atoms. The van der Waals surface area contributed by atoms with E-state index in [0.717, 1.165) is 11.8 Å². The quantitative estimate of drug-likeness (QED) is 0.104. The maximum atomic E-state index is 11.9. The molecule has 0 saturated carbocycles. The fourth-order valence-corrected chi connectivity index (χ4v) is 3.43. The van der Waals surface area contributed by atoms with Gasteiger partial charge in [-0.25, -0.2) is 5.43 Å². The van der Waals surface area contributed by atoms with E-state index in [1.54, 1.807) is 0 Å². The van der Waals surface area contributed by atoms with Crippen molar-refractivity contribution in [2.45, 2.75) is 69.2 Å². The van der Waals surface area contributed by atoms with Crippen molar-refractivity contribution in [2.24, 2.45) is 0 Å². The molecule has 6 N–H and O–H groups in total. The summed E-state index contributed by atoms with van der Waals surface area (Å²) in [5.41, 5.74) is 6.23. The molecule has 11 nitrogen and oxygen atoms in total. The van der Waals surface area contributed by atoms with Crippen LogP contribution in [0.3, 0.4) is 0 Å². The zero-order valence-electron chi connectivity index (χ0n) is 19.1. The first-order chi connectivity index (χ1) is 16.4. The van der Waals surface area contributed by atoms with Crippen LogP contribution in [0.5, 0.6) is 0 Å². The summed E-state index contributed by atoms with van der Waals surface area (Å²) in [6, 6.07) is 8.93. The largest absolute Gasteiger partial charge is 0.394 e. The van der Waals surface area contributed by atoms with Crippen LogP contribution in [0.25, 0.3) is 0 Å². The predicted octanol–water partition coefficient (Wildman–Crippen LogP) is -1.06. The number of aldehydes is 1. The number of ether oxygens (including phenoxy) is 2. The average molecular weight is 482 g/mol. The second-order valence-electron chi connectivity index (χ2n) is 8.16. The van der Waals surface area contributed by atoms with E-state index in [1.165, 1.54) is 0 Å². The van der Waals surface area contributed by atoms with Gasteiger partial charge in [0, 0.05) is 25.8 Å². The van der Waals surface area contributed by atoms with Crippen molar-refractivity contribution in [3.8, 4) is 0 Å². The molecule has 0 aromatic heterocycles. The van der Waals surface area contributed by atoms with Crippen molar-refractivity contribution < 1.29 is 39.2 Å². The number of carbonyl (C=O) groups is 3. The number of hydrazine groups is 1. The van der Waals surface area contributed by atoms with Gasteiger partial charge in [-0.3, -0.25) is 15.0 Å². The zero-order chi connectivity index (χ0) is 24.8. The van der Waals surface area contributed by atoms with E-state index in [-0.39, 0.29) is 50.8 Å². The number of amides is 2. The van der Waals surface area contributed by atoms with Gasteiger partial charge in [-0.05, 0) is 24.8 Å². The van der Waals surface area contributed by atoms with Crippen molar-refractivity contribution in [3.63, 3.8) is 0 Å². The van der Waals surface area contributed by atoms with Gasteiger partial charge in [0.15, 0.2) is 6.29 Å². The molecule has 190 valence electrons. The molecule has 11 heteroatoms. The highest BCUT2D eigenvalue weighted by molar-refractivity contribution is 5.77. The van der Waals surface area contributed by atoms with Gasteiger partial charge in [0.2, 0.25) is 11.8 Å². The molecule has 0 bridgehead atoms. The molecule has 1 aliphatic heterocycles. The van der Waals surface area contributed by atoms with Crippen LogP contribution in [0, 0.1) is 0 Å². The minimum absolute atomic E-state index is 0.0628. The third kappa shape index (κ3) is 10.2. The second kappa shape index (κ2) is 15.5. The maximum absolute atomic E-state index is 11.9. The molecule has 1 aromatic rings. The monoisotopic (exact) mass is 481 g/mol. The molecule has 2 amide bonds. The number of carbonyl (C=O) groups excluding carboxylic acids is 3. The molecule has 34 heavy (non-hydrogen) atoms. The minimum Gasteiger partial charge on any atom is -0.394 e. The lowest BCUT2D eigenvalue weighted by Crippen LogP contribution is -2.50. The highest BCUT2D eigenvalue weighted by Crippen LogP contribution is 2.20. The Balaban J connectivity index is 1.51. The lowest BCUT2D eigenvalue weighted by atomic mass is 10.0. The van der Waals surface area contributed by atoms with Crippen molar-refractivity contribution >= 4 is 18.1 Å². The number of benzene rings is 1. The average Bonchev–Trinajstić information content (AvgIpc) is 2.85. The highest BCUT2D eigenvalue weighted by Gasteiger charge is 2.37. The van der Waals surface area contributed by atoms with Crippen LogP contribution in [-0.4, -0.2) is 83.8 Å². The molecule has 0 unspecified atom stereocenters. The number of unbranched alkanes of at least 4 members (excludes halogenated alkanes) is 1. The summed E-state index contributed by atoms with van der Waals surface area (Å²) < 4.78 is 10.7. The predicted molar refractivity (Wildman–Crippen MR) is 121 cm³/mol. The number of hydrogen-bond donors (Lipinski definition) is 6. The molecular weight excluding hydrogens is 446 g/mol. The molecule has 5 atom stereocenters. The summed E-state index contributed by atoms with van der Waals surface area (Å²) in [5.74, 6) is -0.465. The van der Waals surface area contributed by atoms with E-state index in [1.807, 2.05) is 30.3 Å². The Morgan fingerprint density at radius 3 is 2.53 bits per heavy atom. The number of nitrogens with one attached hydrogen (secondary N) is 3. The summed E-state index contributed by atoms with van der Waals surface area (Å²) in [4.78, 5) is 35.1.